The number of oxazole rings is 1. The van der Waals surface area contributed by atoms with Gasteiger partial charge in [0.2, 0.25) is 0 Å². The van der Waals surface area contributed by atoms with Gasteiger partial charge in [0, 0.05) is 19.2 Å². The van der Waals surface area contributed by atoms with E-state index in [4.69, 9.17) is 20.8 Å². The number of hydrogen-bond acceptors (Lipinski definition) is 4. The smallest absolute Gasteiger partial charge is 0.198 e. The van der Waals surface area contributed by atoms with Gasteiger partial charge < -0.3 is 14.5 Å². The number of ether oxygens (including phenoxy) is 1. The SMILES string of the molecule is Fc1cc2oc(CC3CNCCO3)nc2cc1Cl. The van der Waals surface area contributed by atoms with Crippen LogP contribution in [0.5, 0.6) is 0 Å². The van der Waals surface area contributed by atoms with Crippen LogP contribution >= 0.6 is 11.6 Å². The first-order valence-electron chi connectivity index (χ1n) is 5.79. The van der Waals surface area contributed by atoms with Crippen LogP contribution in [0.25, 0.3) is 11.1 Å². The third-order valence-electron chi connectivity index (χ3n) is 2.88. The van der Waals surface area contributed by atoms with Crippen LogP contribution in [0.3, 0.4) is 0 Å². The first kappa shape index (κ1) is 11.9. The molecule has 2 aromatic rings. The summed E-state index contributed by atoms with van der Waals surface area (Å²) in [6.45, 7) is 2.32. The van der Waals surface area contributed by atoms with E-state index in [0.717, 1.165) is 13.1 Å². The Labute approximate surface area is 108 Å². The van der Waals surface area contributed by atoms with E-state index in [1.807, 2.05) is 0 Å². The second-order valence-corrected chi connectivity index (χ2v) is 4.65. The average molecular weight is 271 g/mol. The number of hydrogen-bond donors (Lipinski definition) is 1. The van der Waals surface area contributed by atoms with E-state index in [1.54, 1.807) is 0 Å². The van der Waals surface area contributed by atoms with Crippen molar-refractivity contribution in [3.05, 3.63) is 28.9 Å². The minimum absolute atomic E-state index is 0.0483. The molecule has 0 aliphatic carbocycles. The van der Waals surface area contributed by atoms with Gasteiger partial charge in [0.25, 0.3) is 0 Å². The fourth-order valence-electron chi connectivity index (χ4n) is 2.00. The Morgan fingerprint density at radius 2 is 2.39 bits per heavy atom. The molecule has 4 nitrogen and oxygen atoms in total. The molecule has 1 fully saturated rings. The molecule has 96 valence electrons. The van der Waals surface area contributed by atoms with Crippen molar-refractivity contribution in [1.82, 2.24) is 10.3 Å². The molecule has 1 aliphatic rings. The number of morpholine rings is 1. The summed E-state index contributed by atoms with van der Waals surface area (Å²) in [5.74, 6) is 0.0443. The van der Waals surface area contributed by atoms with E-state index in [9.17, 15) is 4.39 Å². The Morgan fingerprint density at radius 3 is 3.17 bits per heavy atom. The molecular formula is C12H12ClFN2O2. The van der Waals surface area contributed by atoms with Gasteiger partial charge >= 0.3 is 0 Å². The highest BCUT2D eigenvalue weighted by Gasteiger charge is 2.18. The number of halogens is 2. The number of aromatic nitrogens is 1. The largest absolute Gasteiger partial charge is 0.440 e. The number of rotatable bonds is 2. The summed E-state index contributed by atoms with van der Waals surface area (Å²) in [5, 5.41) is 3.29. The van der Waals surface area contributed by atoms with Crippen molar-refractivity contribution in [2.75, 3.05) is 19.7 Å². The second-order valence-electron chi connectivity index (χ2n) is 4.24. The zero-order chi connectivity index (χ0) is 12.5. The fourth-order valence-corrected chi connectivity index (χ4v) is 2.16. The van der Waals surface area contributed by atoms with Gasteiger partial charge in [-0.1, -0.05) is 11.6 Å². The molecule has 1 aromatic heterocycles. The lowest BCUT2D eigenvalue weighted by Gasteiger charge is -2.22. The molecule has 1 atom stereocenters. The topological polar surface area (TPSA) is 47.3 Å². The van der Waals surface area contributed by atoms with Crippen molar-refractivity contribution >= 4 is 22.7 Å². The summed E-state index contributed by atoms with van der Waals surface area (Å²) in [5.41, 5.74) is 0.982. The van der Waals surface area contributed by atoms with Gasteiger partial charge in [0.1, 0.15) is 11.3 Å². The van der Waals surface area contributed by atoms with Crippen molar-refractivity contribution in [2.24, 2.45) is 0 Å². The first-order valence-corrected chi connectivity index (χ1v) is 6.17. The Kier molecular flexibility index (Phi) is 3.20. The highest BCUT2D eigenvalue weighted by molar-refractivity contribution is 6.31. The lowest BCUT2D eigenvalue weighted by molar-refractivity contribution is 0.0257. The van der Waals surface area contributed by atoms with Gasteiger partial charge in [-0.3, -0.25) is 0 Å². The number of nitrogens with one attached hydrogen (secondary N) is 1. The predicted molar refractivity (Wildman–Crippen MR) is 65.3 cm³/mol. The van der Waals surface area contributed by atoms with Crippen LogP contribution in [0.2, 0.25) is 5.02 Å². The van der Waals surface area contributed by atoms with Crippen molar-refractivity contribution < 1.29 is 13.5 Å². The molecule has 0 saturated carbocycles. The van der Waals surface area contributed by atoms with Crippen molar-refractivity contribution in [3.8, 4) is 0 Å². The average Bonchev–Trinajstić information content (AvgIpc) is 2.72. The van der Waals surface area contributed by atoms with E-state index in [1.165, 1.54) is 12.1 Å². The molecule has 0 bridgehead atoms. The van der Waals surface area contributed by atoms with E-state index in [0.29, 0.717) is 30.0 Å². The molecule has 0 amide bonds. The first-order chi connectivity index (χ1) is 8.72. The van der Waals surface area contributed by atoms with E-state index < -0.39 is 5.82 Å². The summed E-state index contributed by atoms with van der Waals surface area (Å²) < 4.78 is 24.3. The summed E-state index contributed by atoms with van der Waals surface area (Å²) in [7, 11) is 0. The third kappa shape index (κ3) is 2.34. The molecular weight excluding hydrogens is 259 g/mol. The van der Waals surface area contributed by atoms with Crippen molar-refractivity contribution in [1.29, 1.82) is 0 Å². The third-order valence-corrected chi connectivity index (χ3v) is 3.17. The Morgan fingerprint density at radius 1 is 1.50 bits per heavy atom. The fraction of sp³-hybridized carbons (Fsp3) is 0.417. The monoisotopic (exact) mass is 270 g/mol. The summed E-state index contributed by atoms with van der Waals surface area (Å²) in [4.78, 5) is 4.28. The summed E-state index contributed by atoms with van der Waals surface area (Å²) >= 11 is 5.70. The van der Waals surface area contributed by atoms with Crippen LogP contribution < -0.4 is 5.32 Å². The molecule has 0 radical (unpaired) electrons. The van der Waals surface area contributed by atoms with Crippen LogP contribution in [-0.4, -0.2) is 30.8 Å². The maximum atomic E-state index is 13.3. The van der Waals surface area contributed by atoms with Crippen LogP contribution in [0, 0.1) is 5.82 Å². The maximum absolute atomic E-state index is 13.3. The molecule has 1 unspecified atom stereocenters. The Hall–Kier alpha value is -1.17. The van der Waals surface area contributed by atoms with Crippen LogP contribution in [0.4, 0.5) is 4.39 Å². The highest BCUT2D eigenvalue weighted by atomic mass is 35.5. The zero-order valence-electron chi connectivity index (χ0n) is 9.58. The molecule has 1 saturated heterocycles. The molecule has 1 aliphatic heterocycles. The lowest BCUT2D eigenvalue weighted by atomic mass is 10.2. The quantitative estimate of drug-likeness (QED) is 0.908. The van der Waals surface area contributed by atoms with Gasteiger partial charge in [-0.15, -0.1) is 0 Å². The zero-order valence-corrected chi connectivity index (χ0v) is 10.3. The summed E-state index contributed by atoms with van der Waals surface area (Å²) in [6, 6.07) is 2.73. The lowest BCUT2D eigenvalue weighted by Crippen LogP contribution is -2.39. The molecule has 18 heavy (non-hydrogen) atoms. The van der Waals surface area contributed by atoms with Gasteiger partial charge in [0.15, 0.2) is 11.5 Å². The van der Waals surface area contributed by atoms with E-state index >= 15 is 0 Å². The number of fused-ring (bicyclic) bond motifs is 1. The van der Waals surface area contributed by atoms with Crippen LogP contribution in [-0.2, 0) is 11.2 Å². The Bertz CT molecular complexity index is 527. The standard InChI is InChI=1S/C12H12ClFN2O2/c13-8-4-10-11(5-9(8)14)18-12(16-10)3-7-6-15-1-2-17-7/h4-5,7,15H,1-3,6H2. The normalized spacial score (nSPS) is 20.4. The highest BCUT2D eigenvalue weighted by Crippen LogP contribution is 2.24. The van der Waals surface area contributed by atoms with Crippen LogP contribution in [0.1, 0.15) is 5.89 Å². The van der Waals surface area contributed by atoms with Crippen molar-refractivity contribution in [3.63, 3.8) is 0 Å². The minimum Gasteiger partial charge on any atom is -0.440 e. The molecule has 3 rings (SSSR count). The molecule has 6 heteroatoms. The molecule has 0 spiro atoms. The number of benzene rings is 1. The van der Waals surface area contributed by atoms with Gasteiger partial charge in [0.05, 0.1) is 24.2 Å². The maximum Gasteiger partial charge on any atom is 0.198 e. The number of nitrogens with zero attached hydrogens (tertiary/aromatic N) is 1. The van der Waals surface area contributed by atoms with Gasteiger partial charge in [-0.2, -0.15) is 0 Å². The molecule has 1 aromatic carbocycles. The van der Waals surface area contributed by atoms with E-state index in [2.05, 4.69) is 10.3 Å². The summed E-state index contributed by atoms with van der Waals surface area (Å²) in [6.07, 6.45) is 0.619. The van der Waals surface area contributed by atoms with Crippen LogP contribution in [0.15, 0.2) is 16.5 Å². The second kappa shape index (κ2) is 4.84. The van der Waals surface area contributed by atoms with E-state index in [-0.39, 0.29) is 11.1 Å². The minimum atomic E-state index is -0.498. The predicted octanol–water partition coefficient (Wildman–Crippen LogP) is 2.15. The van der Waals surface area contributed by atoms with Crippen molar-refractivity contribution in [2.45, 2.75) is 12.5 Å². The molecule has 2 heterocycles. The Balaban J connectivity index is 1.84. The van der Waals surface area contributed by atoms with Gasteiger partial charge in [-0.05, 0) is 6.07 Å². The molecule has 1 N–H and O–H groups in total. The van der Waals surface area contributed by atoms with Gasteiger partial charge in [-0.25, -0.2) is 9.37 Å².